The van der Waals surface area contributed by atoms with Gasteiger partial charge in [0.1, 0.15) is 5.60 Å². The van der Waals surface area contributed by atoms with E-state index < -0.39 is 0 Å². The molecule has 118 valence electrons. The van der Waals surface area contributed by atoms with Crippen molar-refractivity contribution in [3.63, 3.8) is 0 Å². The minimum atomic E-state index is -0.381. The summed E-state index contributed by atoms with van der Waals surface area (Å²) in [6.07, 6.45) is 3.13. The van der Waals surface area contributed by atoms with Crippen LogP contribution >= 0.6 is 12.0 Å². The largest absolute Gasteiger partial charge is 0.444 e. The fraction of sp³-hybridized carbons (Fsp3) is 0.562. The first kappa shape index (κ1) is 17.9. The van der Waals surface area contributed by atoms with E-state index in [9.17, 15) is 4.79 Å². The lowest BCUT2D eigenvalue weighted by molar-refractivity contribution is 0.0480. The number of ether oxygens (including phenoxy) is 1. The summed E-state index contributed by atoms with van der Waals surface area (Å²) in [4.78, 5) is 12.0. The normalized spacial score (nSPS) is 14.5. The second-order valence-electron chi connectivity index (χ2n) is 6.18. The van der Waals surface area contributed by atoms with Gasteiger partial charge in [-0.1, -0.05) is 17.7 Å². The first-order valence-electron chi connectivity index (χ1n) is 7.18. The van der Waals surface area contributed by atoms with E-state index in [4.69, 9.17) is 9.29 Å². The molecular formula is C16H25NO3S. The molecule has 2 rings (SSSR count). The molecule has 1 saturated carbocycles. The maximum absolute atomic E-state index is 11.1. The monoisotopic (exact) mass is 311 g/mol. The molecule has 0 saturated heterocycles. The molecule has 0 unspecified atom stereocenters. The van der Waals surface area contributed by atoms with Crippen molar-refractivity contribution in [1.82, 2.24) is 5.32 Å². The van der Waals surface area contributed by atoms with Gasteiger partial charge in [0, 0.05) is 23.0 Å². The SMILES string of the molecule is CC(C)(C)OC(=O)NC1CCC1.Cc1ccc(SO)cc1. The van der Waals surface area contributed by atoms with Gasteiger partial charge < -0.3 is 14.6 Å². The number of hydrogen-bond acceptors (Lipinski definition) is 4. The van der Waals surface area contributed by atoms with Crippen LogP contribution in [0.4, 0.5) is 4.79 Å². The number of aryl methyl sites for hydroxylation is 1. The van der Waals surface area contributed by atoms with Crippen LogP contribution in [0.5, 0.6) is 0 Å². The molecule has 1 aliphatic rings. The average Bonchev–Trinajstić information content (AvgIpc) is 2.34. The van der Waals surface area contributed by atoms with Gasteiger partial charge in [-0.05, 0) is 59.1 Å². The van der Waals surface area contributed by atoms with Crippen molar-refractivity contribution >= 4 is 18.1 Å². The molecule has 2 N–H and O–H groups in total. The number of benzene rings is 1. The highest BCUT2D eigenvalue weighted by atomic mass is 32.2. The van der Waals surface area contributed by atoms with E-state index >= 15 is 0 Å². The fourth-order valence-corrected chi connectivity index (χ4v) is 1.88. The molecule has 1 fully saturated rings. The minimum absolute atomic E-state index is 0.285. The van der Waals surface area contributed by atoms with Gasteiger partial charge in [-0.25, -0.2) is 4.79 Å². The second-order valence-corrected chi connectivity index (χ2v) is 6.83. The maximum atomic E-state index is 11.1. The number of carbonyl (C=O) groups excluding carboxylic acids is 1. The van der Waals surface area contributed by atoms with Gasteiger partial charge in [0.15, 0.2) is 0 Å². The highest BCUT2D eigenvalue weighted by Gasteiger charge is 2.22. The molecule has 0 radical (unpaired) electrons. The van der Waals surface area contributed by atoms with E-state index in [0.29, 0.717) is 6.04 Å². The quantitative estimate of drug-likeness (QED) is 0.782. The Kier molecular flexibility index (Phi) is 7.05. The molecule has 1 aromatic rings. The zero-order valence-electron chi connectivity index (χ0n) is 13.2. The van der Waals surface area contributed by atoms with Crippen LogP contribution < -0.4 is 5.32 Å². The molecule has 5 heteroatoms. The number of rotatable bonds is 2. The molecule has 0 atom stereocenters. The predicted molar refractivity (Wildman–Crippen MR) is 86.7 cm³/mol. The van der Waals surface area contributed by atoms with E-state index in [1.54, 1.807) is 0 Å². The number of nitrogens with one attached hydrogen (secondary N) is 1. The van der Waals surface area contributed by atoms with E-state index in [-0.39, 0.29) is 11.7 Å². The lowest BCUT2D eigenvalue weighted by Gasteiger charge is -2.28. The summed E-state index contributed by atoms with van der Waals surface area (Å²) in [5.74, 6) is 0. The summed E-state index contributed by atoms with van der Waals surface area (Å²) in [6, 6.07) is 8.08. The average molecular weight is 311 g/mol. The summed E-state index contributed by atoms with van der Waals surface area (Å²) in [6.45, 7) is 7.62. The van der Waals surface area contributed by atoms with Crippen LogP contribution in [0.15, 0.2) is 29.2 Å². The van der Waals surface area contributed by atoms with E-state index in [1.807, 2.05) is 52.0 Å². The summed E-state index contributed by atoms with van der Waals surface area (Å²) in [7, 11) is 0. The van der Waals surface area contributed by atoms with Crippen molar-refractivity contribution in [1.29, 1.82) is 0 Å². The molecule has 0 aliphatic heterocycles. The van der Waals surface area contributed by atoms with Gasteiger partial charge in [0.25, 0.3) is 0 Å². The molecule has 0 spiro atoms. The Bertz CT molecular complexity index is 436. The van der Waals surface area contributed by atoms with Gasteiger partial charge in [-0.15, -0.1) is 0 Å². The Labute approximate surface area is 131 Å². The van der Waals surface area contributed by atoms with Crippen molar-refractivity contribution in [2.75, 3.05) is 0 Å². The molecule has 0 aromatic heterocycles. The summed E-state index contributed by atoms with van der Waals surface area (Å²) < 4.78 is 13.6. The first-order chi connectivity index (χ1) is 9.80. The van der Waals surface area contributed by atoms with Crippen LogP contribution in [0.1, 0.15) is 45.6 Å². The lowest BCUT2D eigenvalue weighted by Crippen LogP contribution is -2.42. The van der Waals surface area contributed by atoms with Crippen LogP contribution in [0, 0.1) is 6.92 Å². The van der Waals surface area contributed by atoms with Crippen LogP contribution in [-0.4, -0.2) is 22.3 Å². The van der Waals surface area contributed by atoms with Crippen molar-refractivity contribution < 1.29 is 14.1 Å². The van der Waals surface area contributed by atoms with Crippen LogP contribution in [-0.2, 0) is 4.74 Å². The lowest BCUT2D eigenvalue weighted by atomic mass is 9.93. The molecule has 0 heterocycles. The highest BCUT2D eigenvalue weighted by molar-refractivity contribution is 7.93. The number of alkyl carbamates (subject to hydrolysis) is 1. The predicted octanol–water partition coefficient (Wildman–Crippen LogP) is 4.62. The van der Waals surface area contributed by atoms with Crippen LogP contribution in [0.2, 0.25) is 0 Å². The molecule has 1 aromatic carbocycles. The van der Waals surface area contributed by atoms with E-state index in [2.05, 4.69) is 5.32 Å². The summed E-state index contributed by atoms with van der Waals surface area (Å²) >= 11 is 0.777. The zero-order chi connectivity index (χ0) is 15.9. The smallest absolute Gasteiger partial charge is 0.407 e. The van der Waals surface area contributed by atoms with Gasteiger partial charge >= 0.3 is 6.09 Å². The fourth-order valence-electron chi connectivity index (χ4n) is 1.63. The topological polar surface area (TPSA) is 58.6 Å². The van der Waals surface area contributed by atoms with Gasteiger partial charge in [0.05, 0.1) is 0 Å². The van der Waals surface area contributed by atoms with Crippen LogP contribution in [0.25, 0.3) is 0 Å². The standard InChI is InChI=1S/C9H17NO2.C7H8OS/c1-9(2,3)12-8(11)10-7-5-4-6-7;1-6-2-4-7(9-8)5-3-6/h7H,4-6H2,1-3H3,(H,10,11);2-5,8H,1H3. The maximum Gasteiger partial charge on any atom is 0.407 e. The third-order valence-electron chi connectivity index (χ3n) is 2.95. The van der Waals surface area contributed by atoms with Crippen molar-refractivity contribution in [3.8, 4) is 0 Å². The zero-order valence-corrected chi connectivity index (χ0v) is 14.0. The van der Waals surface area contributed by atoms with Crippen molar-refractivity contribution in [3.05, 3.63) is 29.8 Å². The van der Waals surface area contributed by atoms with Crippen molar-refractivity contribution in [2.24, 2.45) is 0 Å². The number of hydrogen-bond donors (Lipinski definition) is 2. The summed E-state index contributed by atoms with van der Waals surface area (Å²) in [5.41, 5.74) is 0.834. The Morgan fingerprint density at radius 1 is 1.29 bits per heavy atom. The summed E-state index contributed by atoms with van der Waals surface area (Å²) in [5, 5.41) is 2.81. The van der Waals surface area contributed by atoms with Gasteiger partial charge in [-0.2, -0.15) is 0 Å². The molecule has 1 amide bonds. The Morgan fingerprint density at radius 3 is 2.24 bits per heavy atom. The third kappa shape index (κ3) is 7.97. The van der Waals surface area contributed by atoms with E-state index in [1.165, 1.54) is 12.0 Å². The second kappa shape index (κ2) is 8.29. The number of carbonyl (C=O) groups is 1. The minimum Gasteiger partial charge on any atom is -0.444 e. The highest BCUT2D eigenvalue weighted by Crippen LogP contribution is 2.18. The Hall–Kier alpha value is -1.20. The Balaban J connectivity index is 0.000000219. The Morgan fingerprint density at radius 2 is 1.86 bits per heavy atom. The van der Waals surface area contributed by atoms with E-state index in [0.717, 1.165) is 29.8 Å². The van der Waals surface area contributed by atoms with Crippen molar-refractivity contribution in [2.45, 2.75) is 63.5 Å². The molecule has 1 aliphatic carbocycles. The third-order valence-corrected chi connectivity index (χ3v) is 3.44. The molecule has 21 heavy (non-hydrogen) atoms. The van der Waals surface area contributed by atoms with Gasteiger partial charge in [0.2, 0.25) is 0 Å². The first-order valence-corrected chi connectivity index (χ1v) is 7.95. The van der Waals surface area contributed by atoms with Crippen LogP contribution in [0.3, 0.4) is 0 Å². The number of amides is 1. The molecule has 0 bridgehead atoms. The van der Waals surface area contributed by atoms with Gasteiger partial charge in [-0.3, -0.25) is 0 Å². The molecule has 4 nitrogen and oxygen atoms in total. The molecular weight excluding hydrogens is 286 g/mol.